The standard InChI is InChI=1S/C27H46O23/c28-1-7-22(16(35)17(36)23(41)46-7)50-27-21(40)15(34)12(31)8(49-27)3-43-24-19(38)13(32)9(4-44-24)48-26-20(39)14(33)10(5-45-26)47-25-18(37)11(30)6(29)2-42-25/h6-41H,1-5H2/t6-,7-,8-,9-,10-,11+,12-,13+,14+,15+,16-,17-,18-,19-,20-,21-,22-,23?,24-,25+,26+,27+/m1/s1. The first-order chi connectivity index (χ1) is 23.6. The smallest absolute Gasteiger partial charge is 0.187 e. The molecule has 0 amide bonds. The van der Waals surface area contributed by atoms with Crippen LogP contribution in [0.25, 0.3) is 0 Å². The third-order valence-corrected chi connectivity index (χ3v) is 9.16. The highest BCUT2D eigenvalue weighted by Crippen LogP contribution is 2.31. The summed E-state index contributed by atoms with van der Waals surface area (Å²) in [6, 6.07) is 0. The third-order valence-electron chi connectivity index (χ3n) is 9.16. The lowest BCUT2D eigenvalue weighted by molar-refractivity contribution is -0.363. The van der Waals surface area contributed by atoms with Gasteiger partial charge in [0.25, 0.3) is 0 Å². The van der Waals surface area contributed by atoms with Crippen LogP contribution in [0.4, 0.5) is 0 Å². The number of aliphatic hydroxyl groups is 14. The van der Waals surface area contributed by atoms with Crippen LogP contribution in [0.5, 0.6) is 0 Å². The second kappa shape index (κ2) is 17.0. The first-order valence-electron chi connectivity index (χ1n) is 15.8. The monoisotopic (exact) mass is 738 g/mol. The van der Waals surface area contributed by atoms with Crippen molar-refractivity contribution in [3.63, 3.8) is 0 Å². The Balaban J connectivity index is 1.11. The molecule has 14 N–H and O–H groups in total. The summed E-state index contributed by atoms with van der Waals surface area (Å²) >= 11 is 0. The number of hydrogen-bond acceptors (Lipinski definition) is 23. The fourth-order valence-electron chi connectivity index (χ4n) is 6.03. The SMILES string of the molecule is OC[C@H]1OC(O)[C@H](O)[C@@H](O)[C@@H]1O[C@@H]1O[C@H](CO[C@@H]2OC[C@@H](O[C@@H]3OC[C@@H](O[C@@H]4OC[C@@H](O)[C@H](O)[C@H]4O)[C@H](O)[C@H]3O)[C@H](O)[C@H]2O)[C@@H](O)[C@H](O)[C@H]1O. The first kappa shape index (κ1) is 40.3. The van der Waals surface area contributed by atoms with Crippen molar-refractivity contribution in [2.75, 3.05) is 33.0 Å². The average Bonchev–Trinajstić information content (AvgIpc) is 3.10. The normalized spacial score (nSPS) is 53.6. The zero-order valence-electron chi connectivity index (χ0n) is 26.2. The molecule has 0 aromatic rings. The minimum Gasteiger partial charge on any atom is -0.394 e. The van der Waals surface area contributed by atoms with E-state index in [0.29, 0.717) is 0 Å². The van der Waals surface area contributed by atoms with Crippen LogP contribution in [0.3, 0.4) is 0 Å². The van der Waals surface area contributed by atoms with Crippen LogP contribution in [0.1, 0.15) is 0 Å². The van der Waals surface area contributed by atoms with Gasteiger partial charge >= 0.3 is 0 Å². The maximum Gasteiger partial charge on any atom is 0.187 e. The summed E-state index contributed by atoms with van der Waals surface area (Å²) in [5, 5.41) is 143. The molecule has 5 saturated heterocycles. The molecule has 0 spiro atoms. The van der Waals surface area contributed by atoms with Crippen molar-refractivity contribution in [3.8, 4) is 0 Å². The first-order valence-corrected chi connectivity index (χ1v) is 15.8. The Bertz CT molecular complexity index is 1060. The van der Waals surface area contributed by atoms with E-state index in [1.165, 1.54) is 0 Å². The highest BCUT2D eigenvalue weighted by Gasteiger charge is 2.52. The van der Waals surface area contributed by atoms with Crippen molar-refractivity contribution in [3.05, 3.63) is 0 Å². The van der Waals surface area contributed by atoms with E-state index in [2.05, 4.69) is 0 Å². The van der Waals surface area contributed by atoms with E-state index in [-0.39, 0.29) is 6.61 Å². The second-order valence-corrected chi connectivity index (χ2v) is 12.6. The van der Waals surface area contributed by atoms with Crippen molar-refractivity contribution in [2.24, 2.45) is 0 Å². The topological polar surface area (TPSA) is 366 Å². The van der Waals surface area contributed by atoms with E-state index >= 15 is 0 Å². The Hall–Kier alpha value is -0.920. The Labute approximate surface area is 282 Å². The maximum absolute atomic E-state index is 10.7. The van der Waals surface area contributed by atoms with Gasteiger partial charge in [-0.05, 0) is 0 Å². The predicted molar refractivity (Wildman–Crippen MR) is 148 cm³/mol. The van der Waals surface area contributed by atoms with Crippen LogP contribution in [0.2, 0.25) is 0 Å². The Kier molecular flexibility index (Phi) is 13.7. The lowest BCUT2D eigenvalue weighted by atomic mass is 9.97. The quantitative estimate of drug-likeness (QED) is 0.0989. The van der Waals surface area contributed by atoms with E-state index in [1.54, 1.807) is 0 Å². The number of aliphatic hydroxyl groups excluding tert-OH is 14. The largest absolute Gasteiger partial charge is 0.394 e. The molecule has 5 heterocycles. The van der Waals surface area contributed by atoms with Gasteiger partial charge in [-0.1, -0.05) is 0 Å². The summed E-state index contributed by atoms with van der Waals surface area (Å²) in [5.41, 5.74) is 0. The van der Waals surface area contributed by atoms with E-state index in [4.69, 9.17) is 42.6 Å². The van der Waals surface area contributed by atoms with Crippen molar-refractivity contribution in [2.45, 2.75) is 135 Å². The molecule has 5 aliphatic rings. The molecule has 22 atom stereocenters. The molecule has 23 nitrogen and oxygen atoms in total. The molecular formula is C27H46O23. The van der Waals surface area contributed by atoms with Crippen LogP contribution in [-0.4, -0.2) is 240 Å². The summed E-state index contributed by atoms with van der Waals surface area (Å²) in [4.78, 5) is 0. The minimum atomic E-state index is -1.92. The summed E-state index contributed by atoms with van der Waals surface area (Å²) in [6.07, 6.45) is -36.3. The molecule has 50 heavy (non-hydrogen) atoms. The van der Waals surface area contributed by atoms with Gasteiger partial charge in [-0.3, -0.25) is 0 Å². The molecule has 0 bridgehead atoms. The van der Waals surface area contributed by atoms with Crippen molar-refractivity contribution >= 4 is 0 Å². The van der Waals surface area contributed by atoms with Gasteiger partial charge in [0, 0.05) is 0 Å². The lowest BCUT2D eigenvalue weighted by Crippen LogP contribution is -2.64. The molecule has 0 aliphatic carbocycles. The molecule has 0 aromatic heterocycles. The molecule has 0 radical (unpaired) electrons. The molecule has 0 aromatic carbocycles. The maximum atomic E-state index is 10.7. The van der Waals surface area contributed by atoms with Crippen molar-refractivity contribution in [1.29, 1.82) is 0 Å². The van der Waals surface area contributed by atoms with Crippen LogP contribution < -0.4 is 0 Å². The minimum absolute atomic E-state index is 0.368. The molecule has 5 aliphatic heterocycles. The number of rotatable bonds is 10. The van der Waals surface area contributed by atoms with E-state index in [9.17, 15) is 71.5 Å². The van der Waals surface area contributed by atoms with Gasteiger partial charge in [0.15, 0.2) is 31.5 Å². The zero-order valence-corrected chi connectivity index (χ0v) is 26.2. The molecule has 0 saturated carbocycles. The summed E-state index contributed by atoms with van der Waals surface area (Å²) in [5.74, 6) is 0. The van der Waals surface area contributed by atoms with Gasteiger partial charge in [0.1, 0.15) is 104 Å². The molecule has 5 fully saturated rings. The van der Waals surface area contributed by atoms with Crippen LogP contribution in [0, 0.1) is 0 Å². The molecule has 292 valence electrons. The highest BCUT2D eigenvalue weighted by molar-refractivity contribution is 4.95. The molecule has 23 heteroatoms. The Morgan fingerprint density at radius 1 is 0.440 bits per heavy atom. The van der Waals surface area contributed by atoms with Crippen molar-refractivity contribution in [1.82, 2.24) is 0 Å². The molecule has 5 rings (SSSR count). The fourth-order valence-corrected chi connectivity index (χ4v) is 6.03. The third kappa shape index (κ3) is 8.40. The Morgan fingerprint density at radius 3 is 1.56 bits per heavy atom. The number of hydrogen-bond donors (Lipinski definition) is 14. The summed E-state index contributed by atoms with van der Waals surface area (Å²) in [7, 11) is 0. The van der Waals surface area contributed by atoms with Gasteiger partial charge in [0.2, 0.25) is 0 Å². The zero-order chi connectivity index (χ0) is 36.6. The fraction of sp³-hybridized carbons (Fsp3) is 1.00. The van der Waals surface area contributed by atoms with E-state index in [0.717, 1.165) is 0 Å². The second-order valence-electron chi connectivity index (χ2n) is 12.6. The van der Waals surface area contributed by atoms with Crippen molar-refractivity contribution < 1.29 is 114 Å². The van der Waals surface area contributed by atoms with Gasteiger partial charge in [-0.25, -0.2) is 0 Å². The van der Waals surface area contributed by atoms with Gasteiger partial charge < -0.3 is 114 Å². The van der Waals surface area contributed by atoms with Crippen LogP contribution in [0.15, 0.2) is 0 Å². The van der Waals surface area contributed by atoms with Crippen LogP contribution in [-0.2, 0) is 42.6 Å². The van der Waals surface area contributed by atoms with E-state index in [1.807, 2.05) is 0 Å². The summed E-state index contributed by atoms with van der Waals surface area (Å²) < 4.78 is 48.4. The molecule has 1 unspecified atom stereocenters. The van der Waals surface area contributed by atoms with Gasteiger partial charge in [-0.2, -0.15) is 0 Å². The number of ether oxygens (including phenoxy) is 9. The summed E-state index contributed by atoms with van der Waals surface area (Å²) in [6.45, 7) is -2.70. The Morgan fingerprint density at radius 2 is 0.960 bits per heavy atom. The molecular weight excluding hydrogens is 692 g/mol. The van der Waals surface area contributed by atoms with Crippen LogP contribution >= 0.6 is 0 Å². The van der Waals surface area contributed by atoms with Gasteiger partial charge in [0.05, 0.1) is 33.0 Å². The predicted octanol–water partition coefficient (Wildman–Crippen LogP) is -10.0. The average molecular weight is 739 g/mol. The highest BCUT2D eigenvalue weighted by atomic mass is 16.8. The lowest BCUT2D eigenvalue weighted by Gasteiger charge is -2.46. The van der Waals surface area contributed by atoms with E-state index < -0.39 is 162 Å². The van der Waals surface area contributed by atoms with Gasteiger partial charge in [-0.15, -0.1) is 0 Å².